The van der Waals surface area contributed by atoms with Crippen molar-refractivity contribution < 1.29 is 9.47 Å². The summed E-state index contributed by atoms with van der Waals surface area (Å²) in [6.45, 7) is 0.780. The molecule has 2 N–H and O–H groups in total. The minimum atomic E-state index is 0.250. The van der Waals surface area contributed by atoms with Crippen LogP contribution in [-0.4, -0.2) is 18.2 Å². The van der Waals surface area contributed by atoms with E-state index in [0.717, 1.165) is 11.3 Å². The van der Waals surface area contributed by atoms with E-state index in [-0.39, 0.29) is 4.99 Å². The Labute approximate surface area is 163 Å². The summed E-state index contributed by atoms with van der Waals surface area (Å²) in [5.41, 5.74) is 8.65. The highest BCUT2D eigenvalue weighted by atomic mass is 35.5. The van der Waals surface area contributed by atoms with Gasteiger partial charge in [-0.3, -0.25) is 0 Å². The number of thiocarbonyl (C=S) groups is 1. The summed E-state index contributed by atoms with van der Waals surface area (Å²) in [6.07, 6.45) is 0. The first-order chi connectivity index (χ1) is 12.6. The van der Waals surface area contributed by atoms with E-state index in [1.807, 2.05) is 42.5 Å². The van der Waals surface area contributed by atoms with Crippen molar-refractivity contribution in [3.63, 3.8) is 0 Å². The summed E-state index contributed by atoms with van der Waals surface area (Å²) in [7, 11) is 0. The first-order valence-corrected chi connectivity index (χ1v) is 8.92. The fraction of sp³-hybridized carbons (Fsp3) is 0.0952. The largest absolute Gasteiger partial charge is 0.490 e. The maximum atomic E-state index is 5.96. The van der Waals surface area contributed by atoms with Gasteiger partial charge in [0.05, 0.1) is 5.56 Å². The van der Waals surface area contributed by atoms with Crippen molar-refractivity contribution in [2.45, 2.75) is 0 Å². The van der Waals surface area contributed by atoms with Gasteiger partial charge < -0.3 is 15.2 Å². The zero-order chi connectivity index (χ0) is 18.4. The van der Waals surface area contributed by atoms with Crippen LogP contribution in [0.15, 0.2) is 72.8 Å². The molecular weight excluding hydrogens is 366 g/mol. The van der Waals surface area contributed by atoms with Crippen molar-refractivity contribution in [2.24, 2.45) is 5.73 Å². The molecule has 0 aliphatic heterocycles. The molecule has 0 bridgehead atoms. The second-order valence-electron chi connectivity index (χ2n) is 5.59. The fourth-order valence-corrected chi connectivity index (χ4v) is 2.84. The van der Waals surface area contributed by atoms with Crippen molar-refractivity contribution in [1.29, 1.82) is 0 Å². The smallest absolute Gasteiger partial charge is 0.129 e. The quantitative estimate of drug-likeness (QED) is 0.455. The molecule has 0 saturated heterocycles. The summed E-state index contributed by atoms with van der Waals surface area (Å²) in [5.74, 6) is 1.39. The lowest BCUT2D eigenvalue weighted by atomic mass is 10.1. The van der Waals surface area contributed by atoms with Crippen LogP contribution in [0.1, 0.15) is 5.56 Å². The Hall–Kier alpha value is -2.56. The van der Waals surface area contributed by atoms with Gasteiger partial charge >= 0.3 is 0 Å². The van der Waals surface area contributed by atoms with Crippen molar-refractivity contribution in [3.05, 3.63) is 83.4 Å². The topological polar surface area (TPSA) is 44.5 Å². The van der Waals surface area contributed by atoms with Gasteiger partial charge in [0.15, 0.2) is 0 Å². The van der Waals surface area contributed by atoms with Crippen molar-refractivity contribution in [3.8, 4) is 22.6 Å². The van der Waals surface area contributed by atoms with Gasteiger partial charge in [0.2, 0.25) is 0 Å². The highest BCUT2D eigenvalue weighted by molar-refractivity contribution is 7.80. The Morgan fingerprint density at radius 3 is 2.19 bits per heavy atom. The monoisotopic (exact) mass is 383 g/mol. The van der Waals surface area contributed by atoms with Gasteiger partial charge in [-0.15, -0.1) is 0 Å². The average Bonchev–Trinajstić information content (AvgIpc) is 2.67. The lowest BCUT2D eigenvalue weighted by Gasteiger charge is -2.12. The van der Waals surface area contributed by atoms with Gasteiger partial charge in [-0.1, -0.05) is 66.3 Å². The van der Waals surface area contributed by atoms with Crippen LogP contribution in [0.5, 0.6) is 11.5 Å². The van der Waals surface area contributed by atoms with E-state index in [1.165, 1.54) is 5.56 Å². The molecule has 0 atom stereocenters. The maximum absolute atomic E-state index is 5.96. The molecule has 5 heteroatoms. The normalized spacial score (nSPS) is 10.3. The molecule has 0 aliphatic rings. The highest BCUT2D eigenvalue weighted by Gasteiger charge is 2.07. The van der Waals surface area contributed by atoms with Crippen molar-refractivity contribution in [1.82, 2.24) is 0 Å². The van der Waals surface area contributed by atoms with Gasteiger partial charge in [0.1, 0.15) is 29.7 Å². The van der Waals surface area contributed by atoms with Crippen LogP contribution in [0, 0.1) is 0 Å². The second-order valence-corrected chi connectivity index (χ2v) is 6.47. The van der Waals surface area contributed by atoms with E-state index >= 15 is 0 Å². The maximum Gasteiger partial charge on any atom is 0.129 e. The Balaban J connectivity index is 1.54. The summed E-state index contributed by atoms with van der Waals surface area (Å²) in [6, 6.07) is 23.4. The van der Waals surface area contributed by atoms with Crippen LogP contribution in [0.3, 0.4) is 0 Å². The van der Waals surface area contributed by atoms with E-state index in [2.05, 4.69) is 12.1 Å². The molecule has 0 fully saturated rings. The van der Waals surface area contributed by atoms with Gasteiger partial charge in [-0.05, 0) is 41.5 Å². The van der Waals surface area contributed by atoms with Crippen LogP contribution >= 0.6 is 23.8 Å². The number of halogens is 1. The molecule has 3 aromatic carbocycles. The number of rotatable bonds is 7. The SMILES string of the molecule is NC(=S)c1cc(Cl)ccc1OCCOc1ccc(-c2ccccc2)cc1. The lowest BCUT2D eigenvalue weighted by Crippen LogP contribution is -2.14. The van der Waals surface area contributed by atoms with Gasteiger partial charge in [0.25, 0.3) is 0 Å². The van der Waals surface area contributed by atoms with Crippen LogP contribution < -0.4 is 15.2 Å². The summed E-state index contributed by atoms with van der Waals surface area (Å²) < 4.78 is 11.4. The van der Waals surface area contributed by atoms with E-state index in [9.17, 15) is 0 Å². The molecule has 3 rings (SSSR count). The minimum Gasteiger partial charge on any atom is -0.490 e. The molecular formula is C21H18ClNO2S. The first kappa shape index (κ1) is 18.2. The predicted molar refractivity (Wildman–Crippen MR) is 110 cm³/mol. The first-order valence-electron chi connectivity index (χ1n) is 8.14. The van der Waals surface area contributed by atoms with Gasteiger partial charge in [-0.25, -0.2) is 0 Å². The lowest BCUT2D eigenvalue weighted by molar-refractivity contribution is 0.217. The number of benzene rings is 3. The number of ether oxygens (including phenoxy) is 2. The highest BCUT2D eigenvalue weighted by Crippen LogP contribution is 2.24. The van der Waals surface area contributed by atoms with E-state index in [1.54, 1.807) is 18.2 Å². The Morgan fingerprint density at radius 2 is 1.50 bits per heavy atom. The molecule has 0 spiro atoms. The molecule has 0 heterocycles. The Kier molecular flexibility index (Phi) is 6.10. The molecule has 0 aromatic heterocycles. The van der Waals surface area contributed by atoms with Crippen molar-refractivity contribution >= 4 is 28.8 Å². The third kappa shape index (κ3) is 4.75. The molecule has 132 valence electrons. The van der Waals surface area contributed by atoms with E-state index < -0.39 is 0 Å². The van der Waals surface area contributed by atoms with Crippen molar-refractivity contribution in [2.75, 3.05) is 13.2 Å². The fourth-order valence-electron chi connectivity index (χ4n) is 2.51. The van der Waals surface area contributed by atoms with Gasteiger partial charge in [0, 0.05) is 5.02 Å². The zero-order valence-electron chi connectivity index (χ0n) is 14.0. The van der Waals surface area contributed by atoms with Crippen LogP contribution in [-0.2, 0) is 0 Å². The van der Waals surface area contributed by atoms with Gasteiger partial charge in [-0.2, -0.15) is 0 Å². The standard InChI is InChI=1S/C21H18ClNO2S/c22-17-8-11-20(19(14-17)21(23)26)25-13-12-24-18-9-6-16(7-10-18)15-4-2-1-3-5-15/h1-11,14H,12-13H2,(H2,23,26). The third-order valence-electron chi connectivity index (χ3n) is 3.78. The molecule has 3 aromatic rings. The third-order valence-corrected chi connectivity index (χ3v) is 4.23. The molecule has 3 nitrogen and oxygen atoms in total. The van der Waals surface area contributed by atoms with Crippen LogP contribution in [0.4, 0.5) is 0 Å². The number of hydrogen-bond acceptors (Lipinski definition) is 3. The Morgan fingerprint density at radius 1 is 0.846 bits per heavy atom. The minimum absolute atomic E-state index is 0.250. The molecule has 0 amide bonds. The summed E-state index contributed by atoms with van der Waals surface area (Å²) >= 11 is 11.0. The second kappa shape index (κ2) is 8.70. The number of hydrogen-bond donors (Lipinski definition) is 1. The average molecular weight is 384 g/mol. The summed E-state index contributed by atoms with van der Waals surface area (Å²) in [5, 5.41) is 0.565. The molecule has 0 unspecified atom stereocenters. The molecule has 0 aliphatic carbocycles. The predicted octanol–water partition coefficient (Wildman–Crippen LogP) is 5.10. The number of nitrogens with two attached hydrogens (primary N) is 1. The van der Waals surface area contributed by atoms with Crippen LogP contribution in [0.2, 0.25) is 5.02 Å². The van der Waals surface area contributed by atoms with E-state index in [0.29, 0.717) is 29.5 Å². The summed E-state index contributed by atoms with van der Waals surface area (Å²) in [4.78, 5) is 0.250. The Bertz CT molecular complexity index is 882. The van der Waals surface area contributed by atoms with E-state index in [4.69, 9.17) is 39.0 Å². The molecule has 0 radical (unpaired) electrons. The molecule has 26 heavy (non-hydrogen) atoms. The van der Waals surface area contributed by atoms with Crippen LogP contribution in [0.25, 0.3) is 11.1 Å². The zero-order valence-corrected chi connectivity index (χ0v) is 15.6. The molecule has 0 saturated carbocycles.